The molecule has 0 aliphatic carbocycles. The second-order valence-corrected chi connectivity index (χ2v) is 8.90. The van der Waals surface area contributed by atoms with Crippen molar-refractivity contribution in [2.24, 2.45) is 0 Å². The van der Waals surface area contributed by atoms with Crippen LogP contribution in [-0.2, 0) is 5.41 Å². The molecule has 31 heavy (non-hydrogen) atoms. The van der Waals surface area contributed by atoms with Crippen LogP contribution in [0.2, 0.25) is 0 Å². The van der Waals surface area contributed by atoms with E-state index in [0.717, 1.165) is 11.8 Å². The smallest absolute Gasteiger partial charge is 0.354 e. The highest BCUT2D eigenvalue weighted by Crippen LogP contribution is 2.44. The summed E-state index contributed by atoms with van der Waals surface area (Å²) in [4.78, 5) is 26.3. The third-order valence-corrected chi connectivity index (χ3v) is 6.63. The molecule has 0 radical (unpaired) electrons. The van der Waals surface area contributed by atoms with Crippen LogP contribution in [0.25, 0.3) is 16.7 Å². The summed E-state index contributed by atoms with van der Waals surface area (Å²) in [5, 5.41) is 10.7. The number of nitrogens with zero attached hydrogens (tertiary/aromatic N) is 1. The average molecular weight is 439 g/mol. The van der Waals surface area contributed by atoms with E-state index in [0.29, 0.717) is 21.8 Å². The molecular formula is C23H15F2NO4S. The molecule has 8 heteroatoms. The van der Waals surface area contributed by atoms with Crippen molar-refractivity contribution in [3.63, 3.8) is 0 Å². The molecule has 3 heterocycles. The molecule has 2 aromatic heterocycles. The Labute approximate surface area is 178 Å². The first-order valence-corrected chi connectivity index (χ1v) is 10.2. The zero-order valence-corrected chi connectivity index (χ0v) is 17.2. The minimum absolute atomic E-state index is 0.0523. The fourth-order valence-electron chi connectivity index (χ4n) is 3.99. The van der Waals surface area contributed by atoms with Crippen LogP contribution >= 0.6 is 11.8 Å². The van der Waals surface area contributed by atoms with Gasteiger partial charge in [-0.3, -0.25) is 9.36 Å². The summed E-state index contributed by atoms with van der Waals surface area (Å²) in [6.45, 7) is 3.68. The number of pyridine rings is 1. The number of benzene rings is 2. The summed E-state index contributed by atoms with van der Waals surface area (Å²) in [6, 6.07) is 11.0. The SMILES string of the molecule is CC1(C)c2cc(F)ccc2-n2c1cc1oc(=O)c(Sc3ccc(F)cc3)c(O)c1c2=O. The van der Waals surface area contributed by atoms with Gasteiger partial charge in [0.05, 0.1) is 5.69 Å². The van der Waals surface area contributed by atoms with Crippen LogP contribution in [0.1, 0.15) is 25.1 Å². The molecule has 0 saturated carbocycles. The number of hydrogen-bond acceptors (Lipinski definition) is 5. The van der Waals surface area contributed by atoms with Gasteiger partial charge in [-0.1, -0.05) is 25.6 Å². The Morgan fingerprint density at radius 1 is 1.00 bits per heavy atom. The van der Waals surface area contributed by atoms with Crippen LogP contribution < -0.4 is 11.2 Å². The van der Waals surface area contributed by atoms with Gasteiger partial charge in [0.15, 0.2) is 5.75 Å². The first-order valence-electron chi connectivity index (χ1n) is 9.38. The van der Waals surface area contributed by atoms with Crippen molar-refractivity contribution in [2.45, 2.75) is 29.1 Å². The molecule has 0 spiro atoms. The minimum Gasteiger partial charge on any atom is -0.505 e. The van der Waals surface area contributed by atoms with Crippen LogP contribution in [-0.4, -0.2) is 9.67 Å². The summed E-state index contributed by atoms with van der Waals surface area (Å²) in [7, 11) is 0. The Kier molecular flexibility index (Phi) is 4.14. The predicted molar refractivity (Wildman–Crippen MR) is 112 cm³/mol. The molecular weight excluding hydrogens is 424 g/mol. The zero-order valence-electron chi connectivity index (χ0n) is 16.4. The second-order valence-electron chi connectivity index (χ2n) is 7.82. The van der Waals surface area contributed by atoms with Crippen molar-refractivity contribution in [1.82, 2.24) is 4.57 Å². The Hall–Kier alpha value is -3.39. The number of aromatic hydroxyl groups is 1. The van der Waals surface area contributed by atoms with Gasteiger partial charge in [0.1, 0.15) is 27.5 Å². The quantitative estimate of drug-likeness (QED) is 0.489. The topological polar surface area (TPSA) is 72.4 Å². The molecule has 1 N–H and O–H groups in total. The summed E-state index contributed by atoms with van der Waals surface area (Å²) < 4.78 is 33.9. The van der Waals surface area contributed by atoms with Gasteiger partial charge in [-0.2, -0.15) is 0 Å². The largest absolute Gasteiger partial charge is 0.505 e. The average Bonchev–Trinajstić information content (AvgIpc) is 2.93. The number of aromatic nitrogens is 1. The van der Waals surface area contributed by atoms with Crippen LogP contribution in [0.4, 0.5) is 8.78 Å². The lowest BCUT2D eigenvalue weighted by Gasteiger charge is -2.20. The minimum atomic E-state index is -0.817. The van der Waals surface area contributed by atoms with Crippen molar-refractivity contribution < 1.29 is 18.3 Å². The van der Waals surface area contributed by atoms with E-state index in [4.69, 9.17) is 4.42 Å². The lowest BCUT2D eigenvalue weighted by molar-refractivity contribution is 0.445. The molecule has 5 nitrogen and oxygen atoms in total. The summed E-state index contributed by atoms with van der Waals surface area (Å²) in [5.74, 6) is -1.37. The highest BCUT2D eigenvalue weighted by Gasteiger charge is 2.38. The van der Waals surface area contributed by atoms with Gasteiger partial charge in [-0.25, -0.2) is 13.6 Å². The van der Waals surface area contributed by atoms with Crippen LogP contribution in [0.3, 0.4) is 0 Å². The van der Waals surface area contributed by atoms with Gasteiger partial charge in [0.25, 0.3) is 5.56 Å². The van der Waals surface area contributed by atoms with E-state index in [9.17, 15) is 23.5 Å². The predicted octanol–water partition coefficient (Wildman–Crippen LogP) is 4.72. The van der Waals surface area contributed by atoms with E-state index in [1.54, 1.807) is 0 Å². The standard InChI is InChI=1S/C23H15F2NO4S/c1-23(2)14-9-12(25)5-8-15(14)26-17(23)10-16-18(21(26)28)19(27)20(22(29)30-16)31-13-6-3-11(24)4-7-13/h3-10,27H,1-2H3. The second kappa shape index (κ2) is 6.55. The van der Waals surface area contributed by atoms with E-state index in [-0.39, 0.29) is 15.9 Å². The normalized spacial score (nSPS) is 13.9. The first-order chi connectivity index (χ1) is 14.7. The molecule has 0 atom stereocenters. The fraction of sp³-hybridized carbons (Fsp3) is 0.130. The number of rotatable bonds is 2. The highest BCUT2D eigenvalue weighted by molar-refractivity contribution is 7.99. The van der Waals surface area contributed by atoms with Gasteiger partial charge >= 0.3 is 5.63 Å². The molecule has 1 aliphatic heterocycles. The number of hydrogen-bond donors (Lipinski definition) is 1. The van der Waals surface area contributed by atoms with E-state index in [1.165, 1.54) is 53.1 Å². The van der Waals surface area contributed by atoms with Gasteiger partial charge in [0, 0.05) is 22.1 Å². The molecule has 0 fully saturated rings. The monoisotopic (exact) mass is 439 g/mol. The van der Waals surface area contributed by atoms with E-state index in [1.807, 2.05) is 13.8 Å². The van der Waals surface area contributed by atoms with Crippen molar-refractivity contribution in [3.05, 3.63) is 92.2 Å². The maximum atomic E-state index is 13.9. The Morgan fingerprint density at radius 3 is 2.39 bits per heavy atom. The Bertz CT molecular complexity index is 1500. The first kappa shape index (κ1) is 19.6. The molecule has 2 aromatic carbocycles. The van der Waals surface area contributed by atoms with Crippen LogP contribution in [0.5, 0.6) is 5.75 Å². The number of halogens is 2. The van der Waals surface area contributed by atoms with Crippen molar-refractivity contribution in [3.8, 4) is 11.4 Å². The summed E-state index contributed by atoms with van der Waals surface area (Å²) in [6.07, 6.45) is 0. The molecule has 0 bridgehead atoms. The van der Waals surface area contributed by atoms with E-state index < -0.39 is 34.0 Å². The lowest BCUT2D eigenvalue weighted by Crippen LogP contribution is -2.24. The van der Waals surface area contributed by atoms with Gasteiger partial charge in [-0.05, 0) is 48.0 Å². The fourth-order valence-corrected chi connectivity index (χ4v) is 4.83. The van der Waals surface area contributed by atoms with Crippen LogP contribution in [0.15, 0.2) is 72.3 Å². The molecule has 0 unspecified atom stereocenters. The van der Waals surface area contributed by atoms with Gasteiger partial charge in [-0.15, -0.1) is 0 Å². The van der Waals surface area contributed by atoms with Gasteiger partial charge in [0.2, 0.25) is 0 Å². The molecule has 156 valence electrons. The van der Waals surface area contributed by atoms with Crippen molar-refractivity contribution >= 4 is 22.7 Å². The zero-order chi connectivity index (χ0) is 22.1. The van der Waals surface area contributed by atoms with E-state index >= 15 is 0 Å². The summed E-state index contributed by atoms with van der Waals surface area (Å²) in [5.41, 5.74) is -0.526. The molecule has 1 aliphatic rings. The Balaban J connectivity index is 1.79. The molecule has 4 aromatic rings. The van der Waals surface area contributed by atoms with Crippen molar-refractivity contribution in [1.29, 1.82) is 0 Å². The molecule has 5 rings (SSSR count). The summed E-state index contributed by atoms with van der Waals surface area (Å²) >= 11 is 0.873. The number of fused-ring (bicyclic) bond motifs is 4. The molecule has 0 amide bonds. The third kappa shape index (κ3) is 2.82. The Morgan fingerprint density at radius 2 is 1.68 bits per heavy atom. The third-order valence-electron chi connectivity index (χ3n) is 5.56. The van der Waals surface area contributed by atoms with E-state index in [2.05, 4.69) is 0 Å². The van der Waals surface area contributed by atoms with Crippen LogP contribution in [0, 0.1) is 11.6 Å². The van der Waals surface area contributed by atoms with Gasteiger partial charge < -0.3 is 9.52 Å². The highest BCUT2D eigenvalue weighted by atomic mass is 32.2. The van der Waals surface area contributed by atoms with Crippen molar-refractivity contribution in [2.75, 3.05) is 0 Å². The maximum Gasteiger partial charge on any atom is 0.354 e. The lowest BCUT2D eigenvalue weighted by atomic mass is 9.83. The maximum absolute atomic E-state index is 13.9. The molecule has 0 saturated heterocycles.